The maximum atomic E-state index is 12.4. The molecule has 0 atom stereocenters. The Kier molecular flexibility index (Phi) is 7.75. The lowest BCUT2D eigenvalue weighted by Crippen LogP contribution is -2.27. The summed E-state index contributed by atoms with van der Waals surface area (Å²) in [7, 11) is 0. The molecule has 2 N–H and O–H groups in total. The summed E-state index contributed by atoms with van der Waals surface area (Å²) in [6.45, 7) is 1.10. The Morgan fingerprint density at radius 2 is 1.70 bits per heavy atom. The van der Waals surface area contributed by atoms with Gasteiger partial charge in [0, 0.05) is 55.8 Å². The molecule has 0 bridgehead atoms. The number of amides is 2. The summed E-state index contributed by atoms with van der Waals surface area (Å²) in [5.41, 5.74) is 2.40. The van der Waals surface area contributed by atoms with Gasteiger partial charge in [-0.05, 0) is 54.6 Å². The molecule has 33 heavy (non-hydrogen) atoms. The number of nitrogens with zero attached hydrogens (tertiary/aromatic N) is 1. The average molecular weight is 543 g/mol. The van der Waals surface area contributed by atoms with Gasteiger partial charge in [0.2, 0.25) is 5.91 Å². The smallest absolute Gasteiger partial charge is 0.251 e. The van der Waals surface area contributed by atoms with E-state index in [9.17, 15) is 9.59 Å². The molecule has 0 fully saturated rings. The number of halogens is 2. The molecule has 1 aromatic heterocycles. The van der Waals surface area contributed by atoms with Crippen LogP contribution in [-0.4, -0.2) is 28.7 Å². The Morgan fingerprint density at radius 3 is 2.45 bits per heavy atom. The maximum Gasteiger partial charge on any atom is 0.251 e. The molecule has 0 radical (unpaired) electrons. The number of anilines is 1. The van der Waals surface area contributed by atoms with Crippen LogP contribution in [-0.2, 0) is 11.3 Å². The maximum absolute atomic E-state index is 12.4. The van der Waals surface area contributed by atoms with E-state index in [4.69, 9.17) is 11.6 Å². The van der Waals surface area contributed by atoms with Crippen LogP contribution in [0.15, 0.2) is 88.4 Å². The minimum atomic E-state index is -0.137. The van der Waals surface area contributed by atoms with E-state index in [0.29, 0.717) is 29.4 Å². The van der Waals surface area contributed by atoms with Gasteiger partial charge in [0.05, 0.1) is 5.75 Å². The zero-order valence-corrected chi connectivity index (χ0v) is 20.7. The standard InChI is InChI=1S/C25H21BrClN3O2S/c26-18-7-11-20(12-8-18)29-24(31)16-33-23-15-30(22-4-2-1-3-21(22)23)14-13-28-25(32)17-5-9-19(27)10-6-17/h1-12,15H,13-14,16H2,(H,28,32)(H,29,31). The van der Waals surface area contributed by atoms with Crippen molar-refractivity contribution in [2.45, 2.75) is 11.4 Å². The molecule has 0 aliphatic rings. The first-order chi connectivity index (χ1) is 16.0. The number of fused-ring (bicyclic) bond motifs is 1. The Balaban J connectivity index is 1.37. The minimum absolute atomic E-state index is 0.0608. The van der Waals surface area contributed by atoms with Crippen molar-refractivity contribution in [2.75, 3.05) is 17.6 Å². The molecular weight excluding hydrogens is 522 g/mol. The molecule has 0 aliphatic heterocycles. The largest absolute Gasteiger partial charge is 0.350 e. The normalized spacial score (nSPS) is 10.8. The number of aromatic nitrogens is 1. The lowest BCUT2D eigenvalue weighted by molar-refractivity contribution is -0.113. The molecule has 0 aliphatic carbocycles. The van der Waals surface area contributed by atoms with Crippen LogP contribution in [0.4, 0.5) is 5.69 Å². The number of hydrogen-bond acceptors (Lipinski definition) is 3. The summed E-state index contributed by atoms with van der Waals surface area (Å²) in [5.74, 6) is 0.105. The van der Waals surface area contributed by atoms with Gasteiger partial charge >= 0.3 is 0 Å². The van der Waals surface area contributed by atoms with Crippen molar-refractivity contribution in [3.8, 4) is 0 Å². The molecule has 0 saturated heterocycles. The van der Waals surface area contributed by atoms with Crippen molar-refractivity contribution in [3.05, 3.63) is 94.1 Å². The molecule has 0 saturated carbocycles. The highest BCUT2D eigenvalue weighted by atomic mass is 79.9. The fourth-order valence-electron chi connectivity index (χ4n) is 3.38. The third kappa shape index (κ3) is 6.19. The van der Waals surface area contributed by atoms with Gasteiger partial charge < -0.3 is 15.2 Å². The van der Waals surface area contributed by atoms with E-state index in [0.717, 1.165) is 26.0 Å². The monoisotopic (exact) mass is 541 g/mol. The molecule has 2 amide bonds. The van der Waals surface area contributed by atoms with Crippen molar-refractivity contribution in [2.24, 2.45) is 0 Å². The fraction of sp³-hybridized carbons (Fsp3) is 0.120. The number of thioether (sulfide) groups is 1. The van der Waals surface area contributed by atoms with Crippen LogP contribution in [0.3, 0.4) is 0 Å². The Hall–Kier alpha value is -2.74. The van der Waals surface area contributed by atoms with Gasteiger partial charge in [-0.2, -0.15) is 0 Å². The zero-order valence-electron chi connectivity index (χ0n) is 17.6. The fourth-order valence-corrected chi connectivity index (χ4v) is 4.66. The van der Waals surface area contributed by atoms with Crippen molar-refractivity contribution < 1.29 is 9.59 Å². The minimum Gasteiger partial charge on any atom is -0.350 e. The molecule has 4 aromatic rings. The number of benzene rings is 3. The van der Waals surface area contributed by atoms with Gasteiger partial charge in [0.15, 0.2) is 0 Å². The second-order valence-electron chi connectivity index (χ2n) is 7.31. The van der Waals surface area contributed by atoms with Crippen LogP contribution in [0.25, 0.3) is 10.9 Å². The van der Waals surface area contributed by atoms with Crippen LogP contribution in [0.1, 0.15) is 10.4 Å². The van der Waals surface area contributed by atoms with Crippen LogP contribution >= 0.6 is 39.3 Å². The number of hydrogen-bond donors (Lipinski definition) is 2. The second kappa shape index (κ2) is 10.9. The first-order valence-corrected chi connectivity index (χ1v) is 12.4. The summed E-state index contributed by atoms with van der Waals surface area (Å²) in [4.78, 5) is 25.8. The second-order valence-corrected chi connectivity index (χ2v) is 9.68. The number of nitrogens with one attached hydrogen (secondary N) is 2. The van der Waals surface area contributed by atoms with Crippen molar-refractivity contribution >= 4 is 67.7 Å². The van der Waals surface area contributed by atoms with Gasteiger partial charge in [-0.15, -0.1) is 11.8 Å². The Bertz CT molecular complexity index is 1270. The highest BCUT2D eigenvalue weighted by Gasteiger charge is 2.12. The first-order valence-electron chi connectivity index (χ1n) is 10.3. The average Bonchev–Trinajstić information content (AvgIpc) is 3.17. The number of carbonyl (C=O) groups is 2. The van der Waals surface area contributed by atoms with E-state index in [-0.39, 0.29) is 11.8 Å². The van der Waals surface area contributed by atoms with Crippen LogP contribution in [0.5, 0.6) is 0 Å². The number of rotatable bonds is 8. The quantitative estimate of drug-likeness (QED) is 0.260. The third-order valence-electron chi connectivity index (χ3n) is 4.98. The molecule has 3 aromatic carbocycles. The number of para-hydroxylation sites is 1. The molecule has 0 spiro atoms. The molecule has 0 unspecified atom stereocenters. The van der Waals surface area contributed by atoms with Gasteiger partial charge in [-0.25, -0.2) is 0 Å². The van der Waals surface area contributed by atoms with Gasteiger partial charge in [-0.1, -0.05) is 45.7 Å². The zero-order chi connectivity index (χ0) is 23.2. The SMILES string of the molecule is O=C(CSc1cn(CCNC(=O)c2ccc(Cl)cc2)c2ccccc12)Nc1ccc(Br)cc1. The van der Waals surface area contributed by atoms with Crippen LogP contribution in [0.2, 0.25) is 5.02 Å². The van der Waals surface area contributed by atoms with E-state index in [2.05, 4.69) is 31.1 Å². The number of carbonyl (C=O) groups excluding carboxylic acids is 2. The predicted molar refractivity (Wildman–Crippen MR) is 139 cm³/mol. The Morgan fingerprint density at radius 1 is 0.970 bits per heavy atom. The summed E-state index contributed by atoms with van der Waals surface area (Å²) >= 11 is 10.8. The highest BCUT2D eigenvalue weighted by molar-refractivity contribution is 9.10. The van der Waals surface area contributed by atoms with Crippen molar-refractivity contribution in [1.29, 1.82) is 0 Å². The molecule has 5 nitrogen and oxygen atoms in total. The van der Waals surface area contributed by atoms with Gasteiger partial charge in [-0.3, -0.25) is 9.59 Å². The molecule has 8 heteroatoms. The third-order valence-corrected chi connectivity index (χ3v) is 6.81. The Labute approximate surface area is 209 Å². The van der Waals surface area contributed by atoms with Crippen LogP contribution in [0, 0.1) is 0 Å². The van der Waals surface area contributed by atoms with E-state index in [1.54, 1.807) is 24.3 Å². The van der Waals surface area contributed by atoms with Crippen molar-refractivity contribution in [1.82, 2.24) is 9.88 Å². The van der Waals surface area contributed by atoms with Gasteiger partial charge in [0.25, 0.3) is 5.91 Å². The first kappa shape index (κ1) is 23.4. The summed E-state index contributed by atoms with van der Waals surface area (Å²) < 4.78 is 3.07. The summed E-state index contributed by atoms with van der Waals surface area (Å²) in [6.07, 6.45) is 2.04. The van der Waals surface area contributed by atoms with E-state index < -0.39 is 0 Å². The predicted octanol–water partition coefficient (Wildman–Crippen LogP) is 6.22. The lowest BCUT2D eigenvalue weighted by atomic mass is 10.2. The van der Waals surface area contributed by atoms with Crippen molar-refractivity contribution in [3.63, 3.8) is 0 Å². The highest BCUT2D eigenvalue weighted by Crippen LogP contribution is 2.30. The summed E-state index contributed by atoms with van der Waals surface area (Å²) in [6, 6.07) is 22.4. The van der Waals surface area contributed by atoms with E-state index >= 15 is 0 Å². The topological polar surface area (TPSA) is 63.1 Å². The molecule has 1 heterocycles. The van der Waals surface area contributed by atoms with E-state index in [1.165, 1.54) is 11.8 Å². The lowest BCUT2D eigenvalue weighted by Gasteiger charge is -2.08. The molecule has 168 valence electrons. The van der Waals surface area contributed by atoms with E-state index in [1.807, 2.05) is 54.7 Å². The molecular formula is C25H21BrClN3O2S. The summed E-state index contributed by atoms with van der Waals surface area (Å²) in [5, 5.41) is 7.55. The molecule has 4 rings (SSSR count). The van der Waals surface area contributed by atoms with Gasteiger partial charge in [0.1, 0.15) is 0 Å². The van der Waals surface area contributed by atoms with Crippen LogP contribution < -0.4 is 10.6 Å².